The molecule has 1 aromatic rings. The molecule has 1 aromatic carbocycles. The molecule has 0 aliphatic heterocycles. The van der Waals surface area contributed by atoms with Gasteiger partial charge >= 0.3 is 12.1 Å². The van der Waals surface area contributed by atoms with Gasteiger partial charge in [0.05, 0.1) is 12.7 Å². The Morgan fingerprint density at radius 3 is 2.59 bits per heavy atom. The molecule has 2 N–H and O–H groups in total. The molecule has 7 heteroatoms. The molecule has 0 aliphatic rings. The highest BCUT2D eigenvalue weighted by atomic mass is 16.5. The maximum absolute atomic E-state index is 11.8. The van der Waals surface area contributed by atoms with Crippen molar-refractivity contribution in [3.05, 3.63) is 29.3 Å². The monoisotopic (exact) mass is 308 g/mol. The number of rotatable bonds is 6. The predicted molar refractivity (Wildman–Crippen MR) is 81.0 cm³/mol. The number of anilines is 1. The first-order valence-electron chi connectivity index (χ1n) is 6.78. The third-order valence-electron chi connectivity index (χ3n) is 3.14. The first kappa shape index (κ1) is 17.5. The van der Waals surface area contributed by atoms with Gasteiger partial charge in [0, 0.05) is 25.7 Å². The van der Waals surface area contributed by atoms with Crippen LogP contribution in [0.25, 0.3) is 0 Å². The number of methoxy groups -OCH3 is 1. The Kier molecular flexibility index (Phi) is 6.37. The highest BCUT2D eigenvalue weighted by Crippen LogP contribution is 2.15. The average Bonchev–Trinajstić information content (AvgIpc) is 2.47. The topological polar surface area (TPSA) is 95.9 Å². The van der Waals surface area contributed by atoms with Gasteiger partial charge < -0.3 is 20.1 Å². The fourth-order valence-corrected chi connectivity index (χ4v) is 1.88. The minimum Gasteiger partial charge on any atom is -0.478 e. The lowest BCUT2D eigenvalue weighted by molar-refractivity contribution is -0.116. The molecule has 2 amide bonds. The fraction of sp³-hybridized carbons (Fsp3) is 0.400. The maximum atomic E-state index is 11.8. The zero-order valence-corrected chi connectivity index (χ0v) is 12.9. The fourth-order valence-electron chi connectivity index (χ4n) is 1.88. The molecule has 0 fully saturated rings. The number of hydrogen-bond donors (Lipinski definition) is 2. The minimum absolute atomic E-state index is 0.156. The standard InChI is InChI=1S/C15H20N2O5/c1-10-6-7-11(9-12(10)14(19)20)16-13(18)5-4-8-17(2)15(21)22-3/h6-7,9H,4-5,8H2,1-3H3,(H,16,18)(H,19,20). The molecule has 1 rings (SSSR count). The number of amides is 2. The quantitative estimate of drug-likeness (QED) is 0.839. The Balaban J connectivity index is 2.50. The van der Waals surface area contributed by atoms with Crippen molar-refractivity contribution in [2.45, 2.75) is 19.8 Å². The normalized spacial score (nSPS) is 9.95. The van der Waals surface area contributed by atoms with E-state index in [9.17, 15) is 14.4 Å². The van der Waals surface area contributed by atoms with Crippen LogP contribution in [-0.4, -0.2) is 48.7 Å². The van der Waals surface area contributed by atoms with Gasteiger partial charge in [0.1, 0.15) is 0 Å². The maximum Gasteiger partial charge on any atom is 0.409 e. The van der Waals surface area contributed by atoms with Gasteiger partial charge in [0.2, 0.25) is 5.91 Å². The number of benzene rings is 1. The first-order valence-corrected chi connectivity index (χ1v) is 6.78. The molecule has 0 spiro atoms. The summed E-state index contributed by atoms with van der Waals surface area (Å²) < 4.78 is 4.54. The number of carbonyl (C=O) groups excluding carboxylic acids is 2. The van der Waals surface area contributed by atoms with Crippen LogP contribution in [0.2, 0.25) is 0 Å². The van der Waals surface area contributed by atoms with E-state index < -0.39 is 12.1 Å². The lowest BCUT2D eigenvalue weighted by Gasteiger charge is -2.15. The highest BCUT2D eigenvalue weighted by molar-refractivity contribution is 5.94. The predicted octanol–water partition coefficient (Wildman–Crippen LogP) is 2.11. The van der Waals surface area contributed by atoms with Gasteiger partial charge in [-0.05, 0) is 31.0 Å². The van der Waals surface area contributed by atoms with E-state index in [1.54, 1.807) is 26.1 Å². The first-order chi connectivity index (χ1) is 10.3. The van der Waals surface area contributed by atoms with Gasteiger partial charge in [-0.2, -0.15) is 0 Å². The summed E-state index contributed by atoms with van der Waals surface area (Å²) in [5, 5.41) is 11.7. The molecule has 22 heavy (non-hydrogen) atoms. The summed E-state index contributed by atoms with van der Waals surface area (Å²) >= 11 is 0. The van der Waals surface area contributed by atoms with Crippen molar-refractivity contribution in [2.75, 3.05) is 26.0 Å². The second-order valence-electron chi connectivity index (χ2n) is 4.88. The number of ether oxygens (including phenoxy) is 1. The third-order valence-corrected chi connectivity index (χ3v) is 3.14. The van der Waals surface area contributed by atoms with Crippen molar-refractivity contribution in [2.24, 2.45) is 0 Å². The zero-order valence-electron chi connectivity index (χ0n) is 12.9. The number of aromatic carboxylic acids is 1. The van der Waals surface area contributed by atoms with Crippen LogP contribution in [0.3, 0.4) is 0 Å². The zero-order chi connectivity index (χ0) is 16.7. The molecular formula is C15H20N2O5. The Labute approximate surface area is 128 Å². The van der Waals surface area contributed by atoms with Crippen LogP contribution in [0.1, 0.15) is 28.8 Å². The van der Waals surface area contributed by atoms with Crippen molar-refractivity contribution < 1.29 is 24.2 Å². The number of carboxylic acids is 1. The van der Waals surface area contributed by atoms with Crippen molar-refractivity contribution in [3.63, 3.8) is 0 Å². The van der Waals surface area contributed by atoms with E-state index in [-0.39, 0.29) is 17.9 Å². The van der Waals surface area contributed by atoms with Crippen LogP contribution in [0.5, 0.6) is 0 Å². The minimum atomic E-state index is -1.03. The number of carboxylic acid groups (broad SMARTS) is 1. The molecule has 0 heterocycles. The Morgan fingerprint density at radius 1 is 1.32 bits per heavy atom. The molecule has 0 aliphatic carbocycles. The summed E-state index contributed by atoms with van der Waals surface area (Å²) in [5.41, 5.74) is 1.22. The van der Waals surface area contributed by atoms with E-state index in [0.29, 0.717) is 24.2 Å². The molecular weight excluding hydrogens is 288 g/mol. The third kappa shape index (κ3) is 5.08. The summed E-state index contributed by atoms with van der Waals surface area (Å²) in [5.74, 6) is -1.27. The number of nitrogens with zero attached hydrogens (tertiary/aromatic N) is 1. The van der Waals surface area contributed by atoms with Crippen molar-refractivity contribution in [3.8, 4) is 0 Å². The largest absolute Gasteiger partial charge is 0.478 e. The Morgan fingerprint density at radius 2 is 2.00 bits per heavy atom. The SMILES string of the molecule is COC(=O)N(C)CCCC(=O)Nc1ccc(C)c(C(=O)O)c1. The average molecular weight is 308 g/mol. The van der Waals surface area contributed by atoms with Gasteiger partial charge in [0.25, 0.3) is 0 Å². The molecule has 0 radical (unpaired) electrons. The van der Waals surface area contributed by atoms with E-state index in [2.05, 4.69) is 10.1 Å². The van der Waals surface area contributed by atoms with Gasteiger partial charge in [-0.25, -0.2) is 9.59 Å². The van der Waals surface area contributed by atoms with Crippen LogP contribution >= 0.6 is 0 Å². The van der Waals surface area contributed by atoms with Crippen molar-refractivity contribution in [1.29, 1.82) is 0 Å². The van der Waals surface area contributed by atoms with Gasteiger partial charge in [-0.3, -0.25) is 4.79 Å². The summed E-state index contributed by atoms with van der Waals surface area (Å²) in [4.78, 5) is 35.4. The van der Waals surface area contributed by atoms with E-state index >= 15 is 0 Å². The van der Waals surface area contributed by atoms with E-state index in [1.165, 1.54) is 18.1 Å². The smallest absolute Gasteiger partial charge is 0.409 e. The summed E-state index contributed by atoms with van der Waals surface area (Å²) in [6.45, 7) is 2.09. The lowest BCUT2D eigenvalue weighted by atomic mass is 10.1. The van der Waals surface area contributed by atoms with Gasteiger partial charge in [-0.15, -0.1) is 0 Å². The molecule has 0 atom stereocenters. The molecule has 7 nitrogen and oxygen atoms in total. The summed E-state index contributed by atoms with van der Waals surface area (Å²) in [7, 11) is 2.88. The van der Waals surface area contributed by atoms with Gasteiger partial charge in [0.15, 0.2) is 0 Å². The molecule has 0 saturated carbocycles. The van der Waals surface area contributed by atoms with Crippen LogP contribution in [0.4, 0.5) is 10.5 Å². The number of nitrogens with one attached hydrogen (secondary N) is 1. The van der Waals surface area contributed by atoms with Crippen molar-refractivity contribution in [1.82, 2.24) is 4.90 Å². The Bertz CT molecular complexity index is 571. The lowest BCUT2D eigenvalue weighted by Crippen LogP contribution is -2.28. The second kappa shape index (κ2) is 8.02. The highest BCUT2D eigenvalue weighted by Gasteiger charge is 2.11. The van der Waals surface area contributed by atoms with Crippen LogP contribution < -0.4 is 5.32 Å². The van der Waals surface area contributed by atoms with Crippen LogP contribution in [0.15, 0.2) is 18.2 Å². The molecule has 0 aromatic heterocycles. The van der Waals surface area contributed by atoms with Crippen LogP contribution in [-0.2, 0) is 9.53 Å². The van der Waals surface area contributed by atoms with Crippen molar-refractivity contribution >= 4 is 23.7 Å². The second-order valence-corrected chi connectivity index (χ2v) is 4.88. The molecule has 0 unspecified atom stereocenters. The number of carbonyl (C=O) groups is 3. The number of aryl methyl sites for hydroxylation is 1. The van der Waals surface area contributed by atoms with E-state index in [4.69, 9.17) is 5.11 Å². The van der Waals surface area contributed by atoms with E-state index in [1.807, 2.05) is 0 Å². The molecule has 0 bridgehead atoms. The van der Waals surface area contributed by atoms with Crippen LogP contribution in [0, 0.1) is 6.92 Å². The number of hydrogen-bond acceptors (Lipinski definition) is 4. The Hall–Kier alpha value is -2.57. The van der Waals surface area contributed by atoms with Gasteiger partial charge in [-0.1, -0.05) is 6.07 Å². The summed E-state index contributed by atoms with van der Waals surface area (Å²) in [6, 6.07) is 4.72. The summed E-state index contributed by atoms with van der Waals surface area (Å²) in [6.07, 6.45) is 0.247. The van der Waals surface area contributed by atoms with E-state index in [0.717, 1.165) is 0 Å². The molecule has 0 saturated heterocycles. The molecule has 120 valence electrons.